The lowest BCUT2D eigenvalue weighted by Gasteiger charge is -2.24. The number of nitrogens with zero attached hydrogens (tertiary/aromatic N) is 5. The largest absolute Gasteiger partial charge is 0.435 e. The molecule has 3 atom stereocenters. The van der Waals surface area contributed by atoms with E-state index in [-0.39, 0.29) is 18.0 Å². The Hall–Kier alpha value is -5.92. The van der Waals surface area contributed by atoms with E-state index in [9.17, 15) is 23.3 Å². The summed E-state index contributed by atoms with van der Waals surface area (Å²) in [7, 11) is -3.61. The number of oxazole rings is 1. The Morgan fingerprint density at radius 1 is 1.03 bits per heavy atom. The van der Waals surface area contributed by atoms with Gasteiger partial charge in [-0.2, -0.15) is 5.26 Å². The van der Waals surface area contributed by atoms with Gasteiger partial charge in [-0.3, -0.25) is 24.2 Å². The minimum atomic E-state index is -3.61. The van der Waals surface area contributed by atoms with E-state index in [1.54, 1.807) is 6.20 Å². The molecule has 10 rings (SSSR count). The van der Waals surface area contributed by atoms with Crippen molar-refractivity contribution in [2.24, 2.45) is 5.92 Å². The van der Waals surface area contributed by atoms with E-state index in [1.807, 2.05) is 61.7 Å². The summed E-state index contributed by atoms with van der Waals surface area (Å²) >= 11 is 7.24. The maximum Gasteiger partial charge on any atom is 0.237 e. The van der Waals surface area contributed by atoms with Crippen LogP contribution in [0.4, 0.5) is 11.5 Å². The van der Waals surface area contributed by atoms with E-state index in [2.05, 4.69) is 42.7 Å². The number of likely N-dealkylation sites (tertiary alicyclic amines) is 1. The summed E-state index contributed by atoms with van der Waals surface area (Å²) in [6.07, 6.45) is 8.23. The average Bonchev–Trinajstić information content (AvgIpc) is 3.52. The molecule has 316 valence electrons. The SMILES string of the molecule is Cc1c(Nc2nccc3cc(CNC[C@@H]4CCC(=O)N4)cnc23)cccc1-c1cccc(-c2nc3cc4c(c(C#N)c3o2)CC[C@H]4N2CC[C@@H](C(=O)NS(=O)(=O)C3CC3)C2)c1Cl. The molecular weight excluding hydrogens is 826 g/mol. The molecule has 2 amide bonds. The third-order valence-electron chi connectivity index (χ3n) is 12.8. The Kier molecular flexibility index (Phi) is 10.4. The van der Waals surface area contributed by atoms with Crippen LogP contribution in [0.2, 0.25) is 5.02 Å². The fourth-order valence-electron chi connectivity index (χ4n) is 9.32. The molecule has 2 saturated heterocycles. The normalized spacial score (nSPS) is 20.1. The molecule has 0 radical (unpaired) electrons. The van der Waals surface area contributed by atoms with E-state index >= 15 is 0 Å². The molecule has 0 unspecified atom stereocenters. The monoisotopic (exact) mass is 869 g/mol. The second kappa shape index (κ2) is 16.1. The zero-order valence-electron chi connectivity index (χ0n) is 34.0. The van der Waals surface area contributed by atoms with E-state index in [0.717, 1.165) is 62.8 Å². The van der Waals surface area contributed by atoms with Gasteiger partial charge in [0.2, 0.25) is 27.7 Å². The van der Waals surface area contributed by atoms with Crippen LogP contribution in [-0.4, -0.2) is 71.0 Å². The molecule has 6 aromatic rings. The molecule has 3 aromatic carbocycles. The first-order valence-corrected chi connectivity index (χ1v) is 23.0. The first-order valence-electron chi connectivity index (χ1n) is 21.1. The molecule has 4 aliphatic rings. The molecule has 1 saturated carbocycles. The van der Waals surface area contributed by atoms with Gasteiger partial charge in [-0.05, 0) is 110 Å². The average molecular weight is 870 g/mol. The quantitative estimate of drug-likeness (QED) is 0.0989. The minimum Gasteiger partial charge on any atom is -0.435 e. The number of benzene rings is 3. The lowest BCUT2D eigenvalue weighted by atomic mass is 9.97. The van der Waals surface area contributed by atoms with Crippen molar-refractivity contribution in [3.8, 4) is 28.7 Å². The number of halogens is 1. The third kappa shape index (κ3) is 7.55. The van der Waals surface area contributed by atoms with Crippen molar-refractivity contribution in [1.29, 1.82) is 5.26 Å². The molecule has 5 heterocycles. The van der Waals surface area contributed by atoms with Crippen LogP contribution >= 0.6 is 11.6 Å². The van der Waals surface area contributed by atoms with Gasteiger partial charge in [0, 0.05) is 67.2 Å². The zero-order valence-corrected chi connectivity index (χ0v) is 35.6. The highest BCUT2D eigenvalue weighted by Crippen LogP contribution is 2.45. The van der Waals surface area contributed by atoms with Gasteiger partial charge in [-0.1, -0.05) is 35.9 Å². The molecule has 2 aliphatic carbocycles. The predicted octanol–water partition coefficient (Wildman–Crippen LogP) is 6.97. The van der Waals surface area contributed by atoms with Crippen molar-refractivity contribution in [2.75, 3.05) is 25.0 Å². The standard InChI is InChI=1S/C46H44ClN9O5S/c1-25-31(4-3-7-37(25)53-44-42-27(14-16-50-44)18-26(22-51-42)21-49-23-29-8-13-40(57)52-29)33-5-2-6-34(41(33)47)46-54-38-19-35-32(36(20-48)43(38)61-46)11-12-39(35)56-17-15-28(24-56)45(58)55-62(59,60)30-9-10-30/h2-7,14,16,18-19,22,28-30,39,49H,8-13,15,17,21,23-24H2,1H3,(H,50,53)(H,52,57)(H,55,58)/t28-,29+,39-/m1/s1. The number of rotatable bonds is 12. The summed E-state index contributed by atoms with van der Waals surface area (Å²) in [5, 5.41) is 21.3. The second-order valence-corrected chi connectivity index (χ2v) is 19.2. The maximum atomic E-state index is 13.0. The highest BCUT2D eigenvalue weighted by molar-refractivity contribution is 7.90. The number of aromatic nitrogens is 3. The van der Waals surface area contributed by atoms with Crippen molar-refractivity contribution in [1.82, 2.24) is 35.2 Å². The van der Waals surface area contributed by atoms with E-state index < -0.39 is 27.1 Å². The van der Waals surface area contributed by atoms with Gasteiger partial charge in [0.25, 0.3) is 0 Å². The minimum absolute atomic E-state index is 0.0336. The van der Waals surface area contributed by atoms with Crippen LogP contribution in [0.15, 0.2) is 71.4 Å². The fraction of sp³-hybridized carbons (Fsp3) is 0.348. The van der Waals surface area contributed by atoms with Crippen molar-refractivity contribution >= 4 is 66.9 Å². The molecule has 0 spiro atoms. The van der Waals surface area contributed by atoms with Gasteiger partial charge >= 0.3 is 0 Å². The lowest BCUT2D eigenvalue weighted by molar-refractivity contribution is -0.123. The van der Waals surface area contributed by atoms with Crippen LogP contribution < -0.4 is 20.7 Å². The number of pyridine rings is 2. The Bertz CT molecular complexity index is 2960. The van der Waals surface area contributed by atoms with E-state index in [4.69, 9.17) is 26.0 Å². The number of hydrogen-bond donors (Lipinski definition) is 4. The Balaban J connectivity index is 0.883. The fourth-order valence-corrected chi connectivity index (χ4v) is 11.0. The molecule has 0 bridgehead atoms. The van der Waals surface area contributed by atoms with E-state index in [1.165, 1.54) is 0 Å². The van der Waals surface area contributed by atoms with Crippen molar-refractivity contribution in [3.05, 3.63) is 99.8 Å². The number of nitrogens with one attached hydrogen (secondary N) is 4. The smallest absolute Gasteiger partial charge is 0.237 e. The van der Waals surface area contributed by atoms with Crippen molar-refractivity contribution in [2.45, 2.75) is 75.7 Å². The van der Waals surface area contributed by atoms with E-state index in [0.29, 0.717) is 97.2 Å². The summed E-state index contributed by atoms with van der Waals surface area (Å²) in [4.78, 5) is 41.1. The molecule has 16 heteroatoms. The molecule has 2 aliphatic heterocycles. The van der Waals surface area contributed by atoms with Gasteiger partial charge < -0.3 is 20.4 Å². The highest BCUT2D eigenvalue weighted by atomic mass is 35.5. The van der Waals surface area contributed by atoms with Gasteiger partial charge in [-0.15, -0.1) is 0 Å². The maximum absolute atomic E-state index is 13.0. The number of hydrogen-bond acceptors (Lipinski definition) is 12. The summed E-state index contributed by atoms with van der Waals surface area (Å²) in [6, 6.07) is 20.2. The predicted molar refractivity (Wildman–Crippen MR) is 236 cm³/mol. The summed E-state index contributed by atoms with van der Waals surface area (Å²) in [5.41, 5.74) is 9.15. The number of fused-ring (bicyclic) bond motifs is 3. The summed E-state index contributed by atoms with van der Waals surface area (Å²) in [6.45, 7) is 4.45. The number of anilines is 2. The highest BCUT2D eigenvalue weighted by Gasteiger charge is 2.41. The van der Waals surface area contributed by atoms with Crippen LogP contribution in [-0.2, 0) is 32.6 Å². The zero-order chi connectivity index (χ0) is 42.7. The van der Waals surface area contributed by atoms with Crippen LogP contribution in [0.5, 0.6) is 0 Å². The number of carbonyl (C=O) groups is 2. The lowest BCUT2D eigenvalue weighted by Crippen LogP contribution is -2.38. The molecule has 4 N–H and O–H groups in total. The molecule has 62 heavy (non-hydrogen) atoms. The van der Waals surface area contributed by atoms with Crippen LogP contribution in [0.1, 0.15) is 72.4 Å². The van der Waals surface area contributed by atoms with Crippen molar-refractivity contribution < 1.29 is 22.4 Å². The third-order valence-corrected chi connectivity index (χ3v) is 15.0. The van der Waals surface area contributed by atoms with Crippen LogP contribution in [0.25, 0.3) is 44.6 Å². The Labute approximate surface area is 363 Å². The van der Waals surface area contributed by atoms with Gasteiger partial charge in [0.05, 0.1) is 21.8 Å². The molecule has 3 fully saturated rings. The number of amides is 2. The van der Waals surface area contributed by atoms with Gasteiger partial charge in [0.15, 0.2) is 11.4 Å². The number of nitriles is 1. The van der Waals surface area contributed by atoms with Gasteiger partial charge in [0.1, 0.15) is 22.7 Å². The Morgan fingerprint density at radius 3 is 2.66 bits per heavy atom. The van der Waals surface area contributed by atoms with Crippen molar-refractivity contribution in [3.63, 3.8) is 0 Å². The number of sulfonamides is 1. The Morgan fingerprint density at radius 2 is 1.85 bits per heavy atom. The molecule has 3 aromatic heterocycles. The first-order chi connectivity index (χ1) is 30.0. The van der Waals surface area contributed by atoms with Crippen LogP contribution in [0.3, 0.4) is 0 Å². The first kappa shape index (κ1) is 40.2. The van der Waals surface area contributed by atoms with Crippen LogP contribution in [0, 0.1) is 24.2 Å². The molecular formula is C46H44ClN9O5S. The topological polar surface area (TPSA) is 195 Å². The summed E-state index contributed by atoms with van der Waals surface area (Å²) in [5.74, 6) is 0.176. The molecule has 14 nitrogen and oxygen atoms in total. The van der Waals surface area contributed by atoms with Gasteiger partial charge in [-0.25, -0.2) is 18.4 Å². The second-order valence-electron chi connectivity index (χ2n) is 16.8. The summed E-state index contributed by atoms with van der Waals surface area (Å²) < 4.78 is 33.6. The number of carbonyl (C=O) groups excluding carboxylic acids is 2.